The van der Waals surface area contributed by atoms with Crippen LogP contribution < -0.4 is 10.2 Å². The molecule has 0 heterocycles. The standard InChI is InChI=1S/C21H26N2O2/c1-15-6-11-19(12-16(15)2)25-14-20(24)23-22-13-17-7-9-18(10-8-17)21(3,4)5/h6-13H,14H2,1-5H3,(H,23,24). The van der Waals surface area contributed by atoms with E-state index in [4.69, 9.17) is 4.74 Å². The van der Waals surface area contributed by atoms with Gasteiger partial charge >= 0.3 is 0 Å². The van der Waals surface area contributed by atoms with Crippen molar-refractivity contribution in [2.75, 3.05) is 6.61 Å². The number of rotatable bonds is 5. The topological polar surface area (TPSA) is 50.7 Å². The van der Waals surface area contributed by atoms with Crippen molar-refractivity contribution in [3.05, 3.63) is 64.7 Å². The summed E-state index contributed by atoms with van der Waals surface area (Å²) < 4.78 is 5.47. The van der Waals surface area contributed by atoms with Crippen LogP contribution in [0.15, 0.2) is 47.6 Å². The van der Waals surface area contributed by atoms with E-state index in [2.05, 4.69) is 43.4 Å². The van der Waals surface area contributed by atoms with Gasteiger partial charge in [0.2, 0.25) is 0 Å². The van der Waals surface area contributed by atoms with Crippen molar-refractivity contribution in [1.29, 1.82) is 0 Å². The number of hydrogen-bond donors (Lipinski definition) is 1. The van der Waals surface area contributed by atoms with Crippen LogP contribution in [0.2, 0.25) is 0 Å². The minimum absolute atomic E-state index is 0.0667. The number of aryl methyl sites for hydroxylation is 2. The number of ether oxygens (including phenoxy) is 1. The second-order valence-electron chi connectivity index (χ2n) is 7.20. The molecule has 0 spiro atoms. The third-order valence-corrected chi connectivity index (χ3v) is 4.03. The Kier molecular flexibility index (Phi) is 5.97. The van der Waals surface area contributed by atoms with Gasteiger partial charge in [-0.3, -0.25) is 4.79 Å². The molecule has 2 rings (SSSR count). The highest BCUT2D eigenvalue weighted by Gasteiger charge is 2.12. The quantitative estimate of drug-likeness (QED) is 0.658. The Labute approximate surface area is 149 Å². The molecule has 2 aromatic rings. The predicted molar refractivity (Wildman–Crippen MR) is 102 cm³/mol. The summed E-state index contributed by atoms with van der Waals surface area (Å²) >= 11 is 0. The molecule has 4 heteroatoms. The van der Waals surface area contributed by atoms with Crippen LogP contribution >= 0.6 is 0 Å². The van der Waals surface area contributed by atoms with Gasteiger partial charge in [-0.25, -0.2) is 5.43 Å². The van der Waals surface area contributed by atoms with Crippen LogP contribution in [-0.4, -0.2) is 18.7 Å². The molecule has 0 bridgehead atoms. The van der Waals surface area contributed by atoms with Crippen LogP contribution in [0.4, 0.5) is 0 Å². The fourth-order valence-electron chi connectivity index (χ4n) is 2.23. The summed E-state index contributed by atoms with van der Waals surface area (Å²) in [6, 6.07) is 13.9. The van der Waals surface area contributed by atoms with Crippen molar-refractivity contribution in [1.82, 2.24) is 5.43 Å². The first-order chi connectivity index (χ1) is 11.8. The van der Waals surface area contributed by atoms with Gasteiger partial charge in [-0.2, -0.15) is 5.10 Å². The molecule has 1 N–H and O–H groups in total. The molecule has 0 fully saturated rings. The number of carbonyl (C=O) groups is 1. The minimum atomic E-state index is -0.291. The van der Waals surface area contributed by atoms with E-state index < -0.39 is 0 Å². The van der Waals surface area contributed by atoms with Gasteiger partial charge in [-0.1, -0.05) is 51.1 Å². The number of nitrogens with zero attached hydrogens (tertiary/aromatic N) is 1. The zero-order valence-corrected chi connectivity index (χ0v) is 15.6. The molecule has 0 aliphatic rings. The van der Waals surface area contributed by atoms with Crippen molar-refractivity contribution >= 4 is 12.1 Å². The Morgan fingerprint density at radius 3 is 2.36 bits per heavy atom. The monoisotopic (exact) mass is 338 g/mol. The van der Waals surface area contributed by atoms with E-state index in [-0.39, 0.29) is 17.9 Å². The van der Waals surface area contributed by atoms with Crippen LogP contribution in [0.5, 0.6) is 5.75 Å². The molecule has 2 aromatic carbocycles. The molecule has 132 valence electrons. The minimum Gasteiger partial charge on any atom is -0.484 e. The zero-order valence-electron chi connectivity index (χ0n) is 15.6. The number of carbonyl (C=O) groups excluding carboxylic acids is 1. The summed E-state index contributed by atoms with van der Waals surface area (Å²) in [7, 11) is 0. The number of hydrogen-bond acceptors (Lipinski definition) is 3. The molecule has 25 heavy (non-hydrogen) atoms. The van der Waals surface area contributed by atoms with Crippen molar-refractivity contribution in [3.8, 4) is 5.75 Å². The molecule has 0 saturated carbocycles. The van der Waals surface area contributed by atoms with Gasteiger partial charge in [0.25, 0.3) is 5.91 Å². The largest absolute Gasteiger partial charge is 0.484 e. The van der Waals surface area contributed by atoms with Crippen LogP contribution in [0, 0.1) is 13.8 Å². The van der Waals surface area contributed by atoms with Crippen molar-refractivity contribution < 1.29 is 9.53 Å². The average Bonchev–Trinajstić information content (AvgIpc) is 2.55. The van der Waals surface area contributed by atoms with Gasteiger partial charge in [-0.15, -0.1) is 0 Å². The molecule has 0 aliphatic heterocycles. The highest BCUT2D eigenvalue weighted by atomic mass is 16.5. The normalized spacial score (nSPS) is 11.6. The molecule has 0 aliphatic carbocycles. The third-order valence-electron chi connectivity index (χ3n) is 4.03. The SMILES string of the molecule is Cc1ccc(OCC(=O)NN=Cc2ccc(C(C)(C)C)cc2)cc1C. The van der Waals surface area contributed by atoms with Crippen molar-refractivity contribution in [2.45, 2.75) is 40.0 Å². The van der Waals surface area contributed by atoms with Crippen LogP contribution in [0.25, 0.3) is 0 Å². The van der Waals surface area contributed by atoms with Gasteiger partial charge in [0, 0.05) is 0 Å². The average molecular weight is 338 g/mol. The summed E-state index contributed by atoms with van der Waals surface area (Å²) in [5.74, 6) is 0.390. The summed E-state index contributed by atoms with van der Waals surface area (Å²) in [5.41, 5.74) is 7.12. The van der Waals surface area contributed by atoms with Gasteiger partial charge < -0.3 is 4.74 Å². The number of benzene rings is 2. The van der Waals surface area contributed by atoms with Gasteiger partial charge in [-0.05, 0) is 53.6 Å². The first-order valence-electron chi connectivity index (χ1n) is 8.38. The second kappa shape index (κ2) is 7.97. The highest BCUT2D eigenvalue weighted by Crippen LogP contribution is 2.21. The number of amides is 1. The third kappa shape index (κ3) is 5.75. The Hall–Kier alpha value is -2.62. The van der Waals surface area contributed by atoms with Gasteiger partial charge in [0.05, 0.1) is 6.21 Å². The lowest BCUT2D eigenvalue weighted by atomic mass is 9.87. The Morgan fingerprint density at radius 2 is 1.76 bits per heavy atom. The smallest absolute Gasteiger partial charge is 0.277 e. The lowest BCUT2D eigenvalue weighted by Crippen LogP contribution is -2.24. The maximum Gasteiger partial charge on any atom is 0.277 e. The molecule has 4 nitrogen and oxygen atoms in total. The van der Waals surface area contributed by atoms with Crippen LogP contribution in [0.3, 0.4) is 0 Å². The summed E-state index contributed by atoms with van der Waals surface area (Å²) in [4.78, 5) is 11.8. The Morgan fingerprint density at radius 1 is 1.08 bits per heavy atom. The summed E-state index contributed by atoms with van der Waals surface area (Å²) in [5, 5.41) is 3.97. The van der Waals surface area contributed by atoms with Crippen molar-refractivity contribution in [3.63, 3.8) is 0 Å². The van der Waals surface area contributed by atoms with E-state index in [0.717, 1.165) is 11.1 Å². The molecule has 0 aromatic heterocycles. The first-order valence-corrected chi connectivity index (χ1v) is 8.38. The molecule has 0 atom stereocenters. The van der Waals surface area contributed by atoms with Gasteiger partial charge in [0.1, 0.15) is 5.75 Å². The van der Waals surface area contributed by atoms with Crippen LogP contribution in [0.1, 0.15) is 43.0 Å². The van der Waals surface area contributed by atoms with Gasteiger partial charge in [0.15, 0.2) is 6.61 Å². The maximum absolute atomic E-state index is 11.8. The number of hydrazone groups is 1. The van der Waals surface area contributed by atoms with Crippen LogP contribution in [-0.2, 0) is 10.2 Å². The lowest BCUT2D eigenvalue weighted by Gasteiger charge is -2.18. The van der Waals surface area contributed by atoms with E-state index in [1.54, 1.807) is 6.21 Å². The first kappa shape index (κ1) is 18.7. The fraction of sp³-hybridized carbons (Fsp3) is 0.333. The van der Waals surface area contributed by atoms with E-state index in [9.17, 15) is 4.79 Å². The Balaban J connectivity index is 1.83. The van der Waals surface area contributed by atoms with E-state index in [1.807, 2.05) is 44.2 Å². The number of nitrogens with one attached hydrogen (secondary N) is 1. The molecule has 0 radical (unpaired) electrons. The van der Waals surface area contributed by atoms with Crippen molar-refractivity contribution in [2.24, 2.45) is 5.10 Å². The van der Waals surface area contributed by atoms with E-state index in [0.29, 0.717) is 5.75 Å². The van der Waals surface area contributed by atoms with E-state index in [1.165, 1.54) is 11.1 Å². The molecule has 1 amide bonds. The molecule has 0 saturated heterocycles. The van der Waals surface area contributed by atoms with E-state index >= 15 is 0 Å². The predicted octanol–water partition coefficient (Wildman–Crippen LogP) is 4.13. The summed E-state index contributed by atoms with van der Waals surface area (Å²) in [6.07, 6.45) is 1.63. The molecule has 0 unspecified atom stereocenters. The lowest BCUT2D eigenvalue weighted by molar-refractivity contribution is -0.123. The maximum atomic E-state index is 11.8. The molecular weight excluding hydrogens is 312 g/mol. The highest BCUT2D eigenvalue weighted by molar-refractivity contribution is 5.83. The summed E-state index contributed by atoms with van der Waals surface area (Å²) in [6.45, 7) is 10.5. The molecular formula is C21H26N2O2. The second-order valence-corrected chi connectivity index (χ2v) is 7.20. The zero-order chi connectivity index (χ0) is 18.4. The fourth-order valence-corrected chi connectivity index (χ4v) is 2.23. The Bertz CT molecular complexity index is 756.